The predicted molar refractivity (Wildman–Crippen MR) is 104 cm³/mol. The van der Waals surface area contributed by atoms with Crippen LogP contribution in [0.3, 0.4) is 0 Å². The largest absolute Gasteiger partial charge is 0.491 e. The topological polar surface area (TPSA) is 58.6 Å². The number of carbonyl (C=O) groups is 2. The normalized spacial score (nSPS) is 10.5. The summed E-state index contributed by atoms with van der Waals surface area (Å²) in [6, 6.07) is 11.6. The molecule has 26 heavy (non-hydrogen) atoms. The molecule has 0 aliphatic rings. The number of benzene rings is 2. The van der Waals surface area contributed by atoms with Crippen molar-refractivity contribution in [2.24, 2.45) is 0 Å². The van der Waals surface area contributed by atoms with Gasteiger partial charge in [0.1, 0.15) is 5.75 Å². The first-order valence-corrected chi connectivity index (χ1v) is 8.79. The van der Waals surface area contributed by atoms with Crippen LogP contribution in [0.25, 0.3) is 0 Å². The van der Waals surface area contributed by atoms with Crippen LogP contribution in [0.4, 0.5) is 5.69 Å². The van der Waals surface area contributed by atoms with Crippen LogP contribution in [-0.2, 0) is 4.79 Å². The molecule has 0 radical (unpaired) electrons. The van der Waals surface area contributed by atoms with E-state index in [9.17, 15) is 9.59 Å². The van der Waals surface area contributed by atoms with Crippen molar-refractivity contribution >= 4 is 40.7 Å². The number of nitrogens with zero attached hydrogens (tertiary/aromatic N) is 1. The summed E-state index contributed by atoms with van der Waals surface area (Å²) in [5.41, 5.74) is 0.992. The van der Waals surface area contributed by atoms with Crippen LogP contribution in [0.1, 0.15) is 24.2 Å². The first kappa shape index (κ1) is 20.1. The quantitative estimate of drug-likeness (QED) is 0.784. The number of hydrogen-bond donors (Lipinski definition) is 1. The van der Waals surface area contributed by atoms with Crippen LogP contribution in [0, 0.1) is 0 Å². The lowest BCUT2D eigenvalue weighted by atomic mass is 10.2. The zero-order valence-electron chi connectivity index (χ0n) is 14.8. The van der Waals surface area contributed by atoms with E-state index >= 15 is 0 Å². The minimum absolute atomic E-state index is 0.0595. The number of halogens is 2. The van der Waals surface area contributed by atoms with Gasteiger partial charge in [0.2, 0.25) is 5.91 Å². The highest BCUT2D eigenvalue weighted by Crippen LogP contribution is 2.25. The molecule has 0 heterocycles. The molecule has 7 heteroatoms. The fourth-order valence-electron chi connectivity index (χ4n) is 2.23. The SMILES string of the molecule is CC(C)Oc1ccc(C(=O)N(C)CC(=O)Nc2ccc(Cl)c(Cl)c2)cc1. The van der Waals surface area contributed by atoms with Crippen LogP contribution in [0.15, 0.2) is 42.5 Å². The zero-order chi connectivity index (χ0) is 19.3. The third-order valence-corrected chi connectivity index (χ3v) is 4.14. The van der Waals surface area contributed by atoms with Crippen molar-refractivity contribution in [3.05, 3.63) is 58.1 Å². The Balaban J connectivity index is 1.95. The van der Waals surface area contributed by atoms with Crippen LogP contribution in [0.2, 0.25) is 10.0 Å². The van der Waals surface area contributed by atoms with Gasteiger partial charge in [-0.15, -0.1) is 0 Å². The molecular weight excluding hydrogens is 375 g/mol. The van der Waals surface area contributed by atoms with Gasteiger partial charge in [0.05, 0.1) is 22.7 Å². The lowest BCUT2D eigenvalue weighted by Crippen LogP contribution is -2.34. The van der Waals surface area contributed by atoms with E-state index in [4.69, 9.17) is 27.9 Å². The molecule has 2 rings (SSSR count). The molecular formula is C19H20Cl2N2O3. The summed E-state index contributed by atoms with van der Waals surface area (Å²) in [7, 11) is 1.56. The van der Waals surface area contributed by atoms with E-state index in [0.29, 0.717) is 27.0 Å². The fourth-order valence-corrected chi connectivity index (χ4v) is 2.53. The Morgan fingerprint density at radius 2 is 1.73 bits per heavy atom. The third kappa shape index (κ3) is 5.64. The summed E-state index contributed by atoms with van der Waals surface area (Å²) in [6.45, 7) is 3.77. The number of hydrogen-bond acceptors (Lipinski definition) is 3. The molecule has 0 aliphatic carbocycles. The zero-order valence-corrected chi connectivity index (χ0v) is 16.3. The molecule has 0 aliphatic heterocycles. The van der Waals surface area contributed by atoms with Gasteiger partial charge in [-0.3, -0.25) is 9.59 Å². The highest BCUT2D eigenvalue weighted by molar-refractivity contribution is 6.42. The maximum atomic E-state index is 12.4. The molecule has 1 N–H and O–H groups in total. The molecule has 0 unspecified atom stereocenters. The third-order valence-electron chi connectivity index (χ3n) is 3.40. The van der Waals surface area contributed by atoms with Gasteiger partial charge in [0.15, 0.2) is 0 Å². The Labute approximate surface area is 162 Å². The minimum atomic E-state index is -0.334. The average Bonchev–Trinajstić information content (AvgIpc) is 2.57. The fraction of sp³-hybridized carbons (Fsp3) is 0.263. The van der Waals surface area contributed by atoms with Gasteiger partial charge in [0.25, 0.3) is 5.91 Å². The van der Waals surface area contributed by atoms with Crippen molar-refractivity contribution in [3.63, 3.8) is 0 Å². The van der Waals surface area contributed by atoms with Crippen molar-refractivity contribution < 1.29 is 14.3 Å². The van der Waals surface area contributed by atoms with Crippen molar-refractivity contribution in [1.29, 1.82) is 0 Å². The molecule has 2 aromatic rings. The summed E-state index contributed by atoms with van der Waals surface area (Å²) in [5.74, 6) is 0.0981. The second-order valence-electron chi connectivity index (χ2n) is 6.03. The Morgan fingerprint density at radius 3 is 2.31 bits per heavy atom. The predicted octanol–water partition coefficient (Wildman–Crippen LogP) is 4.49. The van der Waals surface area contributed by atoms with Crippen molar-refractivity contribution in [1.82, 2.24) is 4.90 Å². The summed E-state index contributed by atoms with van der Waals surface area (Å²) in [5, 5.41) is 3.43. The molecule has 0 bridgehead atoms. The molecule has 0 fully saturated rings. The Hall–Kier alpha value is -2.24. The number of carbonyl (C=O) groups excluding carboxylic acids is 2. The van der Waals surface area contributed by atoms with E-state index < -0.39 is 0 Å². The van der Waals surface area contributed by atoms with Gasteiger partial charge >= 0.3 is 0 Å². The first-order chi connectivity index (χ1) is 12.3. The molecule has 0 aromatic heterocycles. The lowest BCUT2D eigenvalue weighted by molar-refractivity contribution is -0.116. The average molecular weight is 395 g/mol. The highest BCUT2D eigenvalue weighted by atomic mass is 35.5. The first-order valence-electron chi connectivity index (χ1n) is 8.03. The van der Waals surface area contributed by atoms with Crippen molar-refractivity contribution in [2.75, 3.05) is 18.9 Å². The van der Waals surface area contributed by atoms with E-state index in [1.165, 1.54) is 4.90 Å². The second kappa shape index (κ2) is 8.92. The lowest BCUT2D eigenvalue weighted by Gasteiger charge is -2.17. The molecule has 0 saturated heterocycles. The summed E-state index contributed by atoms with van der Waals surface area (Å²) in [6.07, 6.45) is 0.0595. The van der Waals surface area contributed by atoms with Gasteiger partial charge < -0.3 is 15.0 Å². The highest BCUT2D eigenvalue weighted by Gasteiger charge is 2.15. The van der Waals surface area contributed by atoms with Crippen LogP contribution >= 0.6 is 23.2 Å². The Kier molecular flexibility index (Phi) is 6.89. The number of anilines is 1. The van der Waals surface area contributed by atoms with Gasteiger partial charge in [-0.2, -0.15) is 0 Å². The van der Waals surface area contributed by atoms with Crippen molar-refractivity contribution in [2.45, 2.75) is 20.0 Å². The van der Waals surface area contributed by atoms with E-state index in [0.717, 1.165) is 0 Å². The molecule has 0 atom stereocenters. The number of likely N-dealkylation sites (N-methyl/N-ethyl adjacent to an activating group) is 1. The van der Waals surface area contributed by atoms with Gasteiger partial charge in [-0.05, 0) is 56.3 Å². The molecule has 2 amide bonds. The Morgan fingerprint density at radius 1 is 1.08 bits per heavy atom. The summed E-state index contributed by atoms with van der Waals surface area (Å²) in [4.78, 5) is 25.9. The Bertz CT molecular complexity index is 792. The van der Waals surface area contributed by atoms with E-state index in [2.05, 4.69) is 5.32 Å². The van der Waals surface area contributed by atoms with Gasteiger partial charge in [0, 0.05) is 18.3 Å². The van der Waals surface area contributed by atoms with E-state index in [1.54, 1.807) is 49.5 Å². The van der Waals surface area contributed by atoms with Gasteiger partial charge in [-0.1, -0.05) is 23.2 Å². The maximum absolute atomic E-state index is 12.4. The van der Waals surface area contributed by atoms with Gasteiger partial charge in [-0.25, -0.2) is 0 Å². The molecule has 138 valence electrons. The summed E-state index contributed by atoms with van der Waals surface area (Å²) >= 11 is 11.8. The monoisotopic (exact) mass is 394 g/mol. The van der Waals surface area contributed by atoms with Crippen LogP contribution in [-0.4, -0.2) is 36.4 Å². The van der Waals surface area contributed by atoms with Crippen LogP contribution in [0.5, 0.6) is 5.75 Å². The molecule has 0 saturated carbocycles. The number of rotatable bonds is 6. The summed E-state index contributed by atoms with van der Waals surface area (Å²) < 4.78 is 5.55. The molecule has 2 aromatic carbocycles. The van der Waals surface area contributed by atoms with E-state index in [-0.39, 0.29) is 24.5 Å². The number of amides is 2. The number of nitrogens with one attached hydrogen (secondary N) is 1. The number of ether oxygens (including phenoxy) is 1. The van der Waals surface area contributed by atoms with Crippen molar-refractivity contribution in [3.8, 4) is 5.75 Å². The van der Waals surface area contributed by atoms with Crippen LogP contribution < -0.4 is 10.1 Å². The smallest absolute Gasteiger partial charge is 0.254 e. The maximum Gasteiger partial charge on any atom is 0.254 e. The standard InChI is InChI=1S/C19H20Cl2N2O3/c1-12(2)26-15-7-4-13(5-8-15)19(25)23(3)11-18(24)22-14-6-9-16(20)17(21)10-14/h4-10,12H,11H2,1-3H3,(H,22,24). The molecule has 0 spiro atoms. The molecule has 5 nitrogen and oxygen atoms in total. The second-order valence-corrected chi connectivity index (χ2v) is 6.84. The van der Waals surface area contributed by atoms with E-state index in [1.807, 2.05) is 13.8 Å². The minimum Gasteiger partial charge on any atom is -0.491 e.